The van der Waals surface area contributed by atoms with Crippen LogP contribution in [0.25, 0.3) is 0 Å². The van der Waals surface area contributed by atoms with Crippen LogP contribution in [0.15, 0.2) is 0 Å². The molecule has 0 unspecified atom stereocenters. The summed E-state index contributed by atoms with van der Waals surface area (Å²) in [6.07, 6.45) is 8.86. The summed E-state index contributed by atoms with van der Waals surface area (Å²) in [6.45, 7) is 1.28. The van der Waals surface area contributed by atoms with E-state index in [1.54, 1.807) is 0 Å². The molecule has 1 aliphatic rings. The molecule has 1 rings (SSSR count). The Hall–Kier alpha value is -0.0400. The van der Waals surface area contributed by atoms with Crippen LogP contribution in [0, 0.1) is 5.92 Å². The largest absolute Gasteiger partial charge is 0.175 e. The quantitative estimate of drug-likeness (QED) is 0.552. The molecule has 0 atom stereocenters. The Morgan fingerprint density at radius 1 is 1.09 bits per heavy atom. The van der Waals surface area contributed by atoms with Crippen molar-refractivity contribution in [3.8, 4) is 0 Å². The second kappa shape index (κ2) is 4.76. The van der Waals surface area contributed by atoms with E-state index in [0.29, 0.717) is 0 Å². The van der Waals surface area contributed by atoms with E-state index in [1.807, 2.05) is 0 Å². The molecule has 0 saturated heterocycles. The summed E-state index contributed by atoms with van der Waals surface area (Å²) in [7, 11) is 4.34. The third kappa shape index (κ3) is 3.76. The van der Waals surface area contributed by atoms with Crippen molar-refractivity contribution in [1.82, 2.24) is 4.90 Å². The van der Waals surface area contributed by atoms with Crippen LogP contribution in [-0.2, 0) is 0 Å². The van der Waals surface area contributed by atoms with E-state index in [2.05, 4.69) is 19.0 Å². The van der Waals surface area contributed by atoms with Crippen molar-refractivity contribution in [3.63, 3.8) is 0 Å². The Labute approximate surface area is 70.8 Å². The predicted octanol–water partition coefficient (Wildman–Crippen LogP) is 2.36. The van der Waals surface area contributed by atoms with E-state index >= 15 is 0 Å². The smallest absolute Gasteiger partial charge is 0.122 e. The molecule has 1 radical (unpaired) electrons. The zero-order valence-corrected chi connectivity index (χ0v) is 7.97. The summed E-state index contributed by atoms with van der Waals surface area (Å²) < 4.78 is 0. The molecule has 1 saturated carbocycles. The van der Waals surface area contributed by atoms with Gasteiger partial charge in [-0.25, -0.2) is 0 Å². The highest BCUT2D eigenvalue weighted by Crippen LogP contribution is 2.25. The lowest BCUT2D eigenvalue weighted by molar-refractivity contribution is 0.322. The fourth-order valence-electron chi connectivity index (χ4n) is 1.92. The summed E-state index contributed by atoms with van der Waals surface area (Å²) in [5.41, 5.74) is 0. The second-order valence-electron chi connectivity index (χ2n) is 4.10. The minimum absolute atomic E-state index is 1.05. The van der Waals surface area contributed by atoms with Crippen LogP contribution in [0.4, 0.5) is 0 Å². The summed E-state index contributed by atoms with van der Waals surface area (Å²) in [4.78, 5) is 2.30. The Bertz CT molecular complexity index is 93.0. The lowest BCUT2D eigenvalue weighted by Crippen LogP contribution is -2.23. The standard InChI is InChI=1S/C10H21N/c1-11(2)9-8-10-6-4-3-5-7-10/h10H,3-9H2,1-2H3/q+1. The topological polar surface area (TPSA) is 5.90 Å². The van der Waals surface area contributed by atoms with E-state index in [-0.39, 0.29) is 0 Å². The Morgan fingerprint density at radius 2 is 1.73 bits per heavy atom. The van der Waals surface area contributed by atoms with E-state index in [4.69, 9.17) is 0 Å². The minimum atomic E-state index is 1.05. The van der Waals surface area contributed by atoms with Gasteiger partial charge in [0.2, 0.25) is 0 Å². The number of hydrogen-bond acceptors (Lipinski definition) is 1. The van der Waals surface area contributed by atoms with Crippen molar-refractivity contribution < 1.29 is 0 Å². The van der Waals surface area contributed by atoms with E-state index in [9.17, 15) is 0 Å². The van der Waals surface area contributed by atoms with Gasteiger partial charge in [-0.3, -0.25) is 0 Å². The lowest BCUT2D eigenvalue weighted by Gasteiger charge is -2.20. The summed E-state index contributed by atoms with van der Waals surface area (Å²) >= 11 is 0. The van der Waals surface area contributed by atoms with Crippen LogP contribution in [0.2, 0.25) is 0 Å². The fraction of sp³-hybridized carbons (Fsp3) is 1.00. The molecule has 1 nitrogen and oxygen atoms in total. The molecule has 0 amide bonds. The maximum absolute atomic E-state index is 2.30. The normalized spacial score (nSPS) is 21.0. The molecule has 1 aliphatic carbocycles. The van der Waals surface area contributed by atoms with Gasteiger partial charge in [-0.1, -0.05) is 32.1 Å². The van der Waals surface area contributed by atoms with Crippen molar-refractivity contribution in [2.75, 3.05) is 20.6 Å². The first-order valence-electron chi connectivity index (χ1n) is 4.94. The minimum Gasteiger partial charge on any atom is -0.175 e. The van der Waals surface area contributed by atoms with Gasteiger partial charge in [-0.15, -0.1) is 0 Å². The summed E-state index contributed by atoms with van der Waals surface area (Å²) in [6, 6.07) is 0. The molecule has 11 heavy (non-hydrogen) atoms. The van der Waals surface area contributed by atoms with Crippen molar-refractivity contribution in [2.24, 2.45) is 5.92 Å². The first-order chi connectivity index (χ1) is 5.29. The zero-order valence-electron chi connectivity index (χ0n) is 7.97. The molecule has 0 aromatic rings. The molecule has 0 heterocycles. The molecule has 1 heteroatoms. The Kier molecular flexibility index (Phi) is 3.92. The summed E-state index contributed by atoms with van der Waals surface area (Å²) in [5.74, 6) is 1.05. The summed E-state index contributed by atoms with van der Waals surface area (Å²) in [5, 5.41) is 0. The van der Waals surface area contributed by atoms with Crippen molar-refractivity contribution >= 4 is 0 Å². The molecular weight excluding hydrogens is 134 g/mol. The molecule has 0 N–H and O–H groups in total. The van der Waals surface area contributed by atoms with E-state index < -0.39 is 0 Å². The van der Waals surface area contributed by atoms with Gasteiger partial charge in [0, 0.05) is 6.42 Å². The van der Waals surface area contributed by atoms with E-state index in [0.717, 1.165) is 5.92 Å². The maximum Gasteiger partial charge on any atom is 0.122 e. The van der Waals surface area contributed by atoms with Gasteiger partial charge in [0.1, 0.15) is 20.6 Å². The third-order valence-electron chi connectivity index (χ3n) is 2.71. The highest BCUT2D eigenvalue weighted by atomic mass is 15.0. The van der Waals surface area contributed by atoms with Gasteiger partial charge >= 0.3 is 0 Å². The van der Waals surface area contributed by atoms with Gasteiger partial charge in [0.25, 0.3) is 0 Å². The van der Waals surface area contributed by atoms with Gasteiger partial charge in [0.15, 0.2) is 0 Å². The first-order valence-corrected chi connectivity index (χ1v) is 4.94. The van der Waals surface area contributed by atoms with Crippen LogP contribution >= 0.6 is 0 Å². The molecule has 0 spiro atoms. The molecule has 0 aliphatic heterocycles. The van der Waals surface area contributed by atoms with Crippen LogP contribution < -0.4 is 4.90 Å². The Morgan fingerprint density at radius 3 is 2.27 bits per heavy atom. The maximum atomic E-state index is 2.30. The fourth-order valence-corrected chi connectivity index (χ4v) is 1.92. The van der Waals surface area contributed by atoms with Gasteiger partial charge in [0.05, 0.1) is 0 Å². The molecule has 0 aromatic heterocycles. The van der Waals surface area contributed by atoms with Crippen LogP contribution in [0.5, 0.6) is 0 Å². The molecule has 0 aromatic carbocycles. The zero-order chi connectivity index (χ0) is 8.10. The molecule has 0 bridgehead atoms. The van der Waals surface area contributed by atoms with Crippen LogP contribution in [-0.4, -0.2) is 20.6 Å². The average molecular weight is 155 g/mol. The third-order valence-corrected chi connectivity index (χ3v) is 2.71. The van der Waals surface area contributed by atoms with Crippen molar-refractivity contribution in [3.05, 3.63) is 0 Å². The average Bonchev–Trinajstić information content (AvgIpc) is 2.03. The van der Waals surface area contributed by atoms with Gasteiger partial charge in [-0.2, -0.15) is 4.90 Å². The van der Waals surface area contributed by atoms with E-state index in [1.165, 1.54) is 45.1 Å². The van der Waals surface area contributed by atoms with Crippen LogP contribution in [0.3, 0.4) is 0 Å². The molecular formula is C10H21N+. The van der Waals surface area contributed by atoms with Crippen LogP contribution in [0.1, 0.15) is 38.5 Å². The number of nitrogens with zero attached hydrogens (tertiary/aromatic N) is 1. The Balaban J connectivity index is 2.05. The number of hydrogen-bond donors (Lipinski definition) is 0. The van der Waals surface area contributed by atoms with Gasteiger partial charge < -0.3 is 0 Å². The van der Waals surface area contributed by atoms with Gasteiger partial charge in [-0.05, 0) is 5.92 Å². The molecule has 65 valence electrons. The SMILES string of the molecule is C[N+](C)CCC1CCCCC1. The second-order valence-corrected chi connectivity index (χ2v) is 4.10. The van der Waals surface area contributed by atoms with Crippen molar-refractivity contribution in [2.45, 2.75) is 38.5 Å². The first kappa shape index (κ1) is 9.05. The van der Waals surface area contributed by atoms with Crippen molar-refractivity contribution in [1.29, 1.82) is 0 Å². The highest BCUT2D eigenvalue weighted by Gasteiger charge is 2.14. The highest BCUT2D eigenvalue weighted by molar-refractivity contribution is 4.67. The number of rotatable bonds is 3. The lowest BCUT2D eigenvalue weighted by atomic mass is 9.87. The monoisotopic (exact) mass is 155 g/mol. The predicted molar refractivity (Wildman–Crippen MR) is 50.0 cm³/mol. The molecule has 1 fully saturated rings.